The molecule has 4 heteroatoms. The van der Waals surface area contributed by atoms with Gasteiger partial charge in [0.05, 0.1) is 12.0 Å². The molecule has 2 aromatic carbocycles. The van der Waals surface area contributed by atoms with Crippen LogP contribution in [-0.2, 0) is 11.2 Å². The summed E-state index contributed by atoms with van der Waals surface area (Å²) >= 11 is 0. The van der Waals surface area contributed by atoms with E-state index in [4.69, 9.17) is 4.74 Å². The molecule has 1 N–H and O–H groups in total. The van der Waals surface area contributed by atoms with Crippen LogP contribution in [0.15, 0.2) is 48.5 Å². The number of hydrogen-bond acceptors (Lipinski definition) is 3. The van der Waals surface area contributed by atoms with Crippen LogP contribution in [0.2, 0.25) is 0 Å². The van der Waals surface area contributed by atoms with Crippen LogP contribution in [0.25, 0.3) is 0 Å². The number of ether oxygens (including phenoxy) is 1. The van der Waals surface area contributed by atoms with Gasteiger partial charge in [-0.2, -0.15) is 0 Å². The van der Waals surface area contributed by atoms with E-state index in [-0.39, 0.29) is 5.91 Å². The Morgan fingerprint density at radius 3 is 2.07 bits per heavy atom. The number of carbonyl (C=O) groups is 1. The number of carbonyl (C=O) groups excluding carboxylic acids is 1. The number of hydrogen-bond donors (Lipinski definition) is 1. The van der Waals surface area contributed by atoms with Gasteiger partial charge in [-0.25, -0.2) is 0 Å². The minimum Gasteiger partial charge on any atom is -0.457 e. The van der Waals surface area contributed by atoms with E-state index in [1.807, 2.05) is 60.4 Å². The lowest BCUT2D eigenvalue weighted by molar-refractivity contribution is -0.135. The SMILES string of the molecule is CCC(CC)CC1(O)CCN(C(=O)Cc2ccc(Oc3ccc(C)cc3)cc2)CC1. The second-order valence-corrected chi connectivity index (χ2v) is 8.73. The average molecular weight is 410 g/mol. The number of piperidine rings is 1. The molecule has 1 aliphatic heterocycles. The maximum absolute atomic E-state index is 12.7. The predicted molar refractivity (Wildman–Crippen MR) is 121 cm³/mol. The van der Waals surface area contributed by atoms with Gasteiger partial charge in [0.25, 0.3) is 0 Å². The second kappa shape index (κ2) is 10.1. The van der Waals surface area contributed by atoms with Crippen LogP contribution >= 0.6 is 0 Å². The highest BCUT2D eigenvalue weighted by atomic mass is 16.5. The number of nitrogens with zero attached hydrogens (tertiary/aromatic N) is 1. The summed E-state index contributed by atoms with van der Waals surface area (Å²) in [6, 6.07) is 15.7. The Labute approximate surface area is 180 Å². The van der Waals surface area contributed by atoms with Crippen molar-refractivity contribution in [3.05, 3.63) is 59.7 Å². The van der Waals surface area contributed by atoms with Crippen LogP contribution in [0.1, 0.15) is 57.1 Å². The minimum atomic E-state index is -0.609. The first-order chi connectivity index (χ1) is 14.4. The summed E-state index contributed by atoms with van der Waals surface area (Å²) in [6.07, 6.45) is 4.80. The molecule has 1 aliphatic rings. The summed E-state index contributed by atoms with van der Waals surface area (Å²) in [5, 5.41) is 10.9. The summed E-state index contributed by atoms with van der Waals surface area (Å²) < 4.78 is 5.86. The highest BCUT2D eigenvalue weighted by molar-refractivity contribution is 5.79. The first kappa shape index (κ1) is 22.4. The second-order valence-electron chi connectivity index (χ2n) is 8.73. The van der Waals surface area contributed by atoms with Crippen LogP contribution < -0.4 is 4.74 Å². The number of likely N-dealkylation sites (tertiary alicyclic amines) is 1. The van der Waals surface area contributed by atoms with Gasteiger partial charge in [-0.05, 0) is 61.9 Å². The van der Waals surface area contributed by atoms with E-state index in [1.165, 1.54) is 5.56 Å². The molecule has 1 amide bonds. The molecule has 1 saturated heterocycles. The molecule has 4 nitrogen and oxygen atoms in total. The molecule has 162 valence electrons. The molecule has 1 fully saturated rings. The molecule has 0 radical (unpaired) electrons. The summed E-state index contributed by atoms with van der Waals surface area (Å²) in [6.45, 7) is 7.71. The lowest BCUT2D eigenvalue weighted by Crippen LogP contribution is -2.47. The molecule has 0 aromatic heterocycles. The van der Waals surface area contributed by atoms with Crippen molar-refractivity contribution in [1.82, 2.24) is 4.90 Å². The van der Waals surface area contributed by atoms with Gasteiger partial charge in [-0.3, -0.25) is 4.79 Å². The largest absolute Gasteiger partial charge is 0.457 e. The first-order valence-corrected chi connectivity index (χ1v) is 11.2. The highest BCUT2D eigenvalue weighted by Crippen LogP contribution is 2.31. The summed E-state index contributed by atoms with van der Waals surface area (Å²) in [5.41, 5.74) is 1.57. The topological polar surface area (TPSA) is 49.8 Å². The fourth-order valence-corrected chi connectivity index (χ4v) is 4.20. The molecule has 0 spiro atoms. The van der Waals surface area contributed by atoms with E-state index in [1.54, 1.807) is 0 Å². The fraction of sp³-hybridized carbons (Fsp3) is 0.500. The van der Waals surface area contributed by atoms with E-state index >= 15 is 0 Å². The molecule has 2 aromatic rings. The number of benzene rings is 2. The zero-order valence-corrected chi connectivity index (χ0v) is 18.6. The van der Waals surface area contributed by atoms with Crippen molar-refractivity contribution in [3.8, 4) is 11.5 Å². The normalized spacial score (nSPS) is 16.0. The van der Waals surface area contributed by atoms with E-state index < -0.39 is 5.60 Å². The van der Waals surface area contributed by atoms with Gasteiger partial charge >= 0.3 is 0 Å². The maximum Gasteiger partial charge on any atom is 0.226 e. The average Bonchev–Trinajstić information content (AvgIpc) is 2.75. The quantitative estimate of drug-likeness (QED) is 0.625. The first-order valence-electron chi connectivity index (χ1n) is 11.2. The van der Waals surface area contributed by atoms with Crippen LogP contribution in [0.3, 0.4) is 0 Å². The number of amides is 1. The summed E-state index contributed by atoms with van der Waals surface area (Å²) in [4.78, 5) is 14.6. The molecule has 0 bridgehead atoms. The van der Waals surface area contributed by atoms with Crippen LogP contribution in [0.5, 0.6) is 11.5 Å². The van der Waals surface area contributed by atoms with E-state index in [9.17, 15) is 9.90 Å². The molecule has 1 heterocycles. The number of rotatable bonds is 8. The standard InChI is InChI=1S/C26H35NO3/c1-4-21(5-2)19-26(29)14-16-27(17-15-26)25(28)18-22-8-12-24(13-9-22)30-23-10-6-20(3)7-11-23/h6-13,21,29H,4-5,14-19H2,1-3H3. The van der Waals surface area contributed by atoms with E-state index in [0.29, 0.717) is 38.3 Å². The van der Waals surface area contributed by atoms with Crippen LogP contribution in [0.4, 0.5) is 0 Å². The van der Waals surface area contributed by atoms with Crippen molar-refractivity contribution < 1.29 is 14.6 Å². The van der Waals surface area contributed by atoms with Gasteiger partial charge in [-0.15, -0.1) is 0 Å². The summed E-state index contributed by atoms with van der Waals surface area (Å²) in [7, 11) is 0. The van der Waals surface area contributed by atoms with Gasteiger partial charge < -0.3 is 14.7 Å². The van der Waals surface area contributed by atoms with Crippen molar-refractivity contribution in [2.75, 3.05) is 13.1 Å². The van der Waals surface area contributed by atoms with Gasteiger partial charge in [0.15, 0.2) is 0 Å². The summed E-state index contributed by atoms with van der Waals surface area (Å²) in [5.74, 6) is 2.27. The molecule has 0 unspecified atom stereocenters. The predicted octanol–water partition coefficient (Wildman–Crippen LogP) is 5.51. The number of aliphatic hydroxyl groups is 1. The van der Waals surface area contributed by atoms with Crippen LogP contribution in [-0.4, -0.2) is 34.6 Å². The van der Waals surface area contributed by atoms with Gasteiger partial charge in [0.1, 0.15) is 11.5 Å². The Morgan fingerprint density at radius 1 is 1.00 bits per heavy atom. The van der Waals surface area contributed by atoms with Gasteiger partial charge in [0, 0.05) is 13.1 Å². The van der Waals surface area contributed by atoms with Gasteiger partial charge in [-0.1, -0.05) is 56.5 Å². The minimum absolute atomic E-state index is 0.131. The lowest BCUT2D eigenvalue weighted by Gasteiger charge is -2.40. The molecule has 0 aliphatic carbocycles. The van der Waals surface area contributed by atoms with Crippen molar-refractivity contribution in [1.29, 1.82) is 0 Å². The Hall–Kier alpha value is -2.33. The Morgan fingerprint density at radius 2 is 1.53 bits per heavy atom. The number of aryl methyl sites for hydroxylation is 1. The van der Waals surface area contributed by atoms with Crippen molar-refractivity contribution in [2.45, 2.75) is 64.9 Å². The van der Waals surface area contributed by atoms with Crippen LogP contribution in [0, 0.1) is 12.8 Å². The van der Waals surface area contributed by atoms with Crippen molar-refractivity contribution >= 4 is 5.91 Å². The maximum atomic E-state index is 12.7. The molecular formula is C26H35NO3. The van der Waals surface area contributed by atoms with Gasteiger partial charge in [0.2, 0.25) is 5.91 Å². The fourth-order valence-electron chi connectivity index (χ4n) is 4.20. The molecule has 0 saturated carbocycles. The molecule has 0 atom stereocenters. The van der Waals surface area contributed by atoms with Crippen molar-refractivity contribution in [2.24, 2.45) is 5.92 Å². The van der Waals surface area contributed by atoms with Crippen molar-refractivity contribution in [3.63, 3.8) is 0 Å². The zero-order chi connectivity index (χ0) is 21.6. The Balaban J connectivity index is 1.49. The van der Waals surface area contributed by atoms with E-state index in [2.05, 4.69) is 13.8 Å². The molecule has 30 heavy (non-hydrogen) atoms. The third kappa shape index (κ3) is 6.09. The Kier molecular flexibility index (Phi) is 7.54. The lowest BCUT2D eigenvalue weighted by atomic mass is 9.81. The highest BCUT2D eigenvalue weighted by Gasteiger charge is 2.35. The zero-order valence-electron chi connectivity index (χ0n) is 18.6. The molecule has 3 rings (SSSR count). The monoisotopic (exact) mass is 409 g/mol. The Bertz CT molecular complexity index is 801. The molecular weight excluding hydrogens is 374 g/mol. The smallest absolute Gasteiger partial charge is 0.226 e. The van der Waals surface area contributed by atoms with E-state index in [0.717, 1.165) is 36.3 Å². The third-order valence-electron chi connectivity index (χ3n) is 6.41. The third-order valence-corrected chi connectivity index (χ3v) is 6.41.